The Hall–Kier alpha value is -2.92. The molecule has 0 saturated carbocycles. The Morgan fingerprint density at radius 3 is 2.60 bits per heavy atom. The van der Waals surface area contributed by atoms with Crippen molar-refractivity contribution in [2.75, 3.05) is 11.9 Å². The van der Waals surface area contributed by atoms with E-state index in [9.17, 15) is 22.8 Å². The lowest BCUT2D eigenvalue weighted by molar-refractivity contribution is -0.137. The van der Waals surface area contributed by atoms with Crippen molar-refractivity contribution in [3.05, 3.63) is 46.9 Å². The summed E-state index contributed by atoms with van der Waals surface area (Å²) in [4.78, 5) is 31.9. The number of fused-ring (bicyclic) bond motifs is 2. The monoisotopic (exact) mass is 523 g/mol. The van der Waals surface area contributed by atoms with Crippen LogP contribution in [0.3, 0.4) is 0 Å². The second kappa shape index (κ2) is 8.94. The summed E-state index contributed by atoms with van der Waals surface area (Å²) in [5.41, 5.74) is 0.412. The quantitative estimate of drug-likeness (QED) is 0.375. The molecule has 1 aliphatic rings. The van der Waals surface area contributed by atoms with Crippen molar-refractivity contribution >= 4 is 49.9 Å². The number of thiophene rings is 1. The molecule has 3 heterocycles. The molecule has 1 aliphatic heterocycles. The average Bonchev–Trinajstić information content (AvgIpc) is 3.32. The van der Waals surface area contributed by atoms with Crippen LogP contribution in [0.15, 0.2) is 30.9 Å². The van der Waals surface area contributed by atoms with E-state index in [1.807, 2.05) is 6.92 Å². The van der Waals surface area contributed by atoms with Crippen LogP contribution in [-0.2, 0) is 22.1 Å². The van der Waals surface area contributed by atoms with E-state index in [1.54, 1.807) is 25.7 Å². The van der Waals surface area contributed by atoms with Crippen molar-refractivity contribution in [1.29, 1.82) is 0 Å². The van der Waals surface area contributed by atoms with Crippen molar-refractivity contribution < 1.29 is 27.5 Å². The normalized spacial score (nSPS) is 16.2. The minimum absolute atomic E-state index is 0.236. The van der Waals surface area contributed by atoms with Gasteiger partial charge in [0.1, 0.15) is 15.6 Å². The number of carbonyl (C=O) groups is 2. The third-order valence-corrected chi connectivity index (χ3v) is 7.84. The van der Waals surface area contributed by atoms with Gasteiger partial charge in [-0.25, -0.2) is 9.78 Å². The molecule has 0 radical (unpaired) electrons. The zero-order chi connectivity index (χ0) is 25.7. The van der Waals surface area contributed by atoms with Crippen molar-refractivity contribution in [3.8, 4) is 10.6 Å². The third-order valence-electron chi connectivity index (χ3n) is 5.47. The summed E-state index contributed by atoms with van der Waals surface area (Å²) in [7, 11) is 0. The third kappa shape index (κ3) is 5.06. The maximum atomic E-state index is 13.2. The van der Waals surface area contributed by atoms with E-state index in [0.29, 0.717) is 33.2 Å². The molecule has 4 rings (SSSR count). The standard InChI is InChI=1S/C24H24F3N3O3S2/c1-6-17(31)29-21-18(20-28-15-11-13(24(25,26)27)7-8-16(15)34-20)14-9-10-30(12(2)19(14)35-21)22(32)33-23(3,4)5/h6-8,11-12H,1,9-10H2,2-5H3,(H,29,31). The second-order valence-electron chi connectivity index (χ2n) is 9.14. The minimum Gasteiger partial charge on any atom is -0.444 e. The Labute approximate surface area is 208 Å². The van der Waals surface area contributed by atoms with Gasteiger partial charge in [0.15, 0.2) is 0 Å². The first-order valence-electron chi connectivity index (χ1n) is 10.8. The van der Waals surface area contributed by atoms with Crippen LogP contribution in [-0.4, -0.2) is 34.0 Å². The van der Waals surface area contributed by atoms with E-state index in [2.05, 4.69) is 16.9 Å². The minimum atomic E-state index is -4.47. The molecular formula is C24H24F3N3O3S2. The molecule has 186 valence electrons. The number of nitrogens with zero attached hydrogens (tertiary/aromatic N) is 2. The van der Waals surface area contributed by atoms with Crippen LogP contribution >= 0.6 is 22.7 Å². The van der Waals surface area contributed by atoms with Gasteiger partial charge in [-0.05, 0) is 64.0 Å². The van der Waals surface area contributed by atoms with E-state index in [0.717, 1.165) is 28.6 Å². The molecule has 1 unspecified atom stereocenters. The molecule has 0 fully saturated rings. The Bertz CT molecular complexity index is 1320. The molecule has 1 N–H and O–H groups in total. The van der Waals surface area contributed by atoms with Crippen LogP contribution in [0.2, 0.25) is 0 Å². The summed E-state index contributed by atoms with van der Waals surface area (Å²) in [6.45, 7) is 11.2. The number of aromatic nitrogens is 1. The van der Waals surface area contributed by atoms with Crippen LogP contribution in [0.4, 0.5) is 23.0 Å². The fourth-order valence-electron chi connectivity index (χ4n) is 3.89. The highest BCUT2D eigenvalue weighted by Crippen LogP contribution is 2.49. The van der Waals surface area contributed by atoms with Gasteiger partial charge in [0.2, 0.25) is 5.91 Å². The molecule has 11 heteroatoms. The summed E-state index contributed by atoms with van der Waals surface area (Å²) < 4.78 is 45.7. The predicted molar refractivity (Wildman–Crippen MR) is 132 cm³/mol. The molecule has 0 saturated heterocycles. The maximum absolute atomic E-state index is 13.2. The van der Waals surface area contributed by atoms with Gasteiger partial charge in [0.25, 0.3) is 0 Å². The SMILES string of the molecule is C=CC(=O)Nc1sc2c(c1-c1nc3cc(C(F)(F)F)ccc3s1)CCN(C(=O)OC(C)(C)C)C2C. The van der Waals surface area contributed by atoms with Gasteiger partial charge in [-0.15, -0.1) is 22.7 Å². The van der Waals surface area contributed by atoms with E-state index in [-0.39, 0.29) is 11.6 Å². The van der Waals surface area contributed by atoms with E-state index < -0.39 is 29.3 Å². The van der Waals surface area contributed by atoms with Crippen molar-refractivity contribution in [2.24, 2.45) is 0 Å². The van der Waals surface area contributed by atoms with Crippen molar-refractivity contribution in [1.82, 2.24) is 9.88 Å². The lowest BCUT2D eigenvalue weighted by Gasteiger charge is -2.35. The van der Waals surface area contributed by atoms with E-state index >= 15 is 0 Å². The number of hydrogen-bond donors (Lipinski definition) is 1. The summed E-state index contributed by atoms with van der Waals surface area (Å²) in [6, 6.07) is 3.16. The van der Waals surface area contributed by atoms with Gasteiger partial charge in [-0.1, -0.05) is 6.58 Å². The molecule has 0 spiro atoms. The number of rotatable bonds is 3. The lowest BCUT2D eigenvalue weighted by atomic mass is 9.98. The number of amides is 2. The fraction of sp³-hybridized carbons (Fsp3) is 0.375. The Kier molecular flexibility index (Phi) is 6.43. The summed E-state index contributed by atoms with van der Waals surface area (Å²) in [5, 5.41) is 3.84. The van der Waals surface area contributed by atoms with Gasteiger partial charge in [-0.3, -0.25) is 4.79 Å². The van der Waals surface area contributed by atoms with Crippen molar-refractivity contribution in [2.45, 2.75) is 51.9 Å². The number of halogens is 3. The van der Waals surface area contributed by atoms with Crippen LogP contribution < -0.4 is 5.32 Å². The highest BCUT2D eigenvalue weighted by Gasteiger charge is 2.36. The van der Waals surface area contributed by atoms with Gasteiger partial charge in [0.05, 0.1) is 21.8 Å². The molecule has 0 aliphatic carbocycles. The number of hydrogen-bond acceptors (Lipinski definition) is 6. The first-order chi connectivity index (χ1) is 16.3. The number of ether oxygens (including phenoxy) is 1. The molecular weight excluding hydrogens is 499 g/mol. The molecule has 1 atom stereocenters. The molecule has 3 aromatic rings. The topological polar surface area (TPSA) is 71.5 Å². The van der Waals surface area contributed by atoms with Gasteiger partial charge in [-0.2, -0.15) is 13.2 Å². The molecule has 35 heavy (non-hydrogen) atoms. The van der Waals surface area contributed by atoms with Crippen LogP contribution in [0.5, 0.6) is 0 Å². The van der Waals surface area contributed by atoms with Crippen molar-refractivity contribution in [3.63, 3.8) is 0 Å². The highest BCUT2D eigenvalue weighted by molar-refractivity contribution is 7.23. The number of benzene rings is 1. The number of carbonyl (C=O) groups excluding carboxylic acids is 2. The van der Waals surface area contributed by atoms with Gasteiger partial charge < -0.3 is 15.0 Å². The van der Waals surface area contributed by atoms with Gasteiger partial charge in [0, 0.05) is 17.0 Å². The maximum Gasteiger partial charge on any atom is 0.416 e. The van der Waals surface area contributed by atoms with Crippen LogP contribution in [0, 0.1) is 0 Å². The molecule has 0 bridgehead atoms. The number of anilines is 1. The smallest absolute Gasteiger partial charge is 0.416 e. The molecule has 2 amide bonds. The average molecular weight is 524 g/mol. The van der Waals surface area contributed by atoms with E-state index in [1.165, 1.54) is 28.7 Å². The zero-order valence-corrected chi connectivity index (χ0v) is 21.2. The largest absolute Gasteiger partial charge is 0.444 e. The van der Waals surface area contributed by atoms with E-state index in [4.69, 9.17) is 4.74 Å². The molecule has 6 nitrogen and oxygen atoms in total. The highest BCUT2D eigenvalue weighted by atomic mass is 32.1. The van der Waals surface area contributed by atoms with Crippen LogP contribution in [0.1, 0.15) is 49.7 Å². The lowest BCUT2D eigenvalue weighted by Crippen LogP contribution is -2.41. The summed E-state index contributed by atoms with van der Waals surface area (Å²) >= 11 is 2.58. The summed E-state index contributed by atoms with van der Waals surface area (Å²) in [6.07, 6.45) is -3.27. The first kappa shape index (κ1) is 25.2. The Morgan fingerprint density at radius 1 is 1.26 bits per heavy atom. The number of thiazole rings is 1. The number of nitrogens with one attached hydrogen (secondary N) is 1. The first-order valence-corrected chi connectivity index (χ1v) is 12.5. The predicted octanol–water partition coefficient (Wildman–Crippen LogP) is 7.02. The molecule has 1 aromatic carbocycles. The van der Waals surface area contributed by atoms with Gasteiger partial charge >= 0.3 is 12.3 Å². The molecule has 2 aromatic heterocycles. The fourth-order valence-corrected chi connectivity index (χ4v) is 6.30. The van der Waals surface area contributed by atoms with Crippen LogP contribution in [0.25, 0.3) is 20.8 Å². The zero-order valence-electron chi connectivity index (χ0n) is 19.6. The summed E-state index contributed by atoms with van der Waals surface area (Å²) in [5.74, 6) is -0.415. The number of alkyl halides is 3. The second-order valence-corrected chi connectivity index (χ2v) is 11.2. The Balaban J connectivity index is 1.79. The Morgan fingerprint density at radius 2 is 1.97 bits per heavy atom.